The summed E-state index contributed by atoms with van der Waals surface area (Å²) in [6.45, 7) is 6.65. The number of nitrogens with one attached hydrogen (secondary N) is 1. The van der Waals surface area contributed by atoms with Crippen LogP contribution < -0.4 is 5.32 Å². The molecule has 0 spiro atoms. The van der Waals surface area contributed by atoms with Crippen LogP contribution in [0.15, 0.2) is 53.7 Å². The fourth-order valence-corrected chi connectivity index (χ4v) is 3.80. The van der Waals surface area contributed by atoms with E-state index in [2.05, 4.69) is 28.5 Å². The topological polar surface area (TPSA) is 103 Å². The maximum atomic E-state index is 12.6. The summed E-state index contributed by atoms with van der Waals surface area (Å²) >= 11 is 1.33. The number of aryl methyl sites for hydroxylation is 1. The number of hydrogen-bond acceptors (Lipinski definition) is 6. The van der Waals surface area contributed by atoms with Crippen LogP contribution in [0.3, 0.4) is 0 Å². The Morgan fingerprint density at radius 3 is 2.60 bits per heavy atom. The fraction of sp³-hybridized carbons (Fsp3) is 0.286. The first-order chi connectivity index (χ1) is 14.4. The van der Waals surface area contributed by atoms with Crippen LogP contribution in [0.2, 0.25) is 0 Å². The summed E-state index contributed by atoms with van der Waals surface area (Å²) in [4.78, 5) is 22.9. The lowest BCUT2D eigenvalue weighted by molar-refractivity contribution is -0.384. The van der Waals surface area contributed by atoms with Crippen molar-refractivity contribution in [2.75, 3.05) is 5.32 Å². The van der Waals surface area contributed by atoms with Gasteiger partial charge in [-0.25, -0.2) is 0 Å². The lowest BCUT2D eigenvalue weighted by Crippen LogP contribution is -2.23. The van der Waals surface area contributed by atoms with Crippen LogP contribution in [-0.4, -0.2) is 30.8 Å². The second kappa shape index (κ2) is 9.53. The van der Waals surface area contributed by atoms with E-state index in [1.54, 1.807) is 6.92 Å². The van der Waals surface area contributed by atoms with E-state index in [1.165, 1.54) is 36.0 Å². The molecule has 3 rings (SSSR count). The number of nitro benzene ring substituents is 1. The van der Waals surface area contributed by atoms with E-state index >= 15 is 0 Å². The average Bonchev–Trinajstić information content (AvgIpc) is 3.11. The summed E-state index contributed by atoms with van der Waals surface area (Å²) in [6, 6.07) is 13.8. The van der Waals surface area contributed by atoms with Crippen LogP contribution in [-0.2, 0) is 11.3 Å². The van der Waals surface area contributed by atoms with Crippen molar-refractivity contribution in [3.05, 3.63) is 64.2 Å². The van der Waals surface area contributed by atoms with Gasteiger partial charge in [0, 0.05) is 29.9 Å². The maximum Gasteiger partial charge on any atom is 0.269 e. The third kappa shape index (κ3) is 5.04. The summed E-state index contributed by atoms with van der Waals surface area (Å²) in [5, 5.41) is 22.5. The highest BCUT2D eigenvalue weighted by atomic mass is 32.2. The van der Waals surface area contributed by atoms with E-state index in [0.29, 0.717) is 10.8 Å². The average molecular weight is 426 g/mol. The molecule has 30 heavy (non-hydrogen) atoms. The van der Waals surface area contributed by atoms with Crippen LogP contribution in [0.1, 0.15) is 25.8 Å². The Morgan fingerprint density at radius 1 is 1.23 bits per heavy atom. The Kier molecular flexibility index (Phi) is 6.83. The van der Waals surface area contributed by atoms with Crippen molar-refractivity contribution in [1.29, 1.82) is 0 Å². The normalized spacial score (nSPS) is 11.8. The van der Waals surface area contributed by atoms with Crippen LogP contribution in [0.4, 0.5) is 11.4 Å². The second-order valence-electron chi connectivity index (χ2n) is 6.88. The highest BCUT2D eigenvalue weighted by Crippen LogP contribution is 2.28. The van der Waals surface area contributed by atoms with Gasteiger partial charge < -0.3 is 9.88 Å². The van der Waals surface area contributed by atoms with E-state index in [0.717, 1.165) is 29.9 Å². The van der Waals surface area contributed by atoms with Crippen molar-refractivity contribution < 1.29 is 9.72 Å². The molecule has 1 atom stereocenters. The van der Waals surface area contributed by atoms with E-state index in [-0.39, 0.29) is 11.6 Å². The van der Waals surface area contributed by atoms with Gasteiger partial charge in [0.2, 0.25) is 5.91 Å². The Morgan fingerprint density at radius 2 is 1.97 bits per heavy atom. The molecule has 8 nitrogen and oxygen atoms in total. The largest absolute Gasteiger partial charge is 0.325 e. The molecule has 0 radical (unpaired) electrons. The monoisotopic (exact) mass is 425 g/mol. The first kappa shape index (κ1) is 21.5. The zero-order chi connectivity index (χ0) is 21.7. The minimum absolute atomic E-state index is 0.0215. The number of carbonyl (C=O) groups is 1. The SMILES string of the molecule is CCCn1c(SC(C)C(=O)Nc2ccc([N+](=O)[O-])cc2)nnc1-c1cccc(C)c1. The number of non-ortho nitro benzene ring substituents is 1. The van der Waals surface area contributed by atoms with E-state index in [1.807, 2.05) is 29.7 Å². The number of aromatic nitrogens is 3. The third-order valence-corrected chi connectivity index (χ3v) is 5.52. The van der Waals surface area contributed by atoms with Crippen LogP contribution in [0, 0.1) is 17.0 Å². The molecule has 1 amide bonds. The fourth-order valence-electron chi connectivity index (χ4n) is 2.92. The van der Waals surface area contributed by atoms with Crippen molar-refractivity contribution in [3.8, 4) is 11.4 Å². The summed E-state index contributed by atoms with van der Waals surface area (Å²) in [5.41, 5.74) is 2.62. The molecule has 9 heteroatoms. The molecule has 0 bridgehead atoms. The molecule has 1 unspecified atom stereocenters. The van der Waals surface area contributed by atoms with Gasteiger partial charge in [-0.05, 0) is 38.5 Å². The number of rotatable bonds is 8. The minimum atomic E-state index is -0.476. The number of hydrogen-bond donors (Lipinski definition) is 1. The van der Waals surface area contributed by atoms with Gasteiger partial charge in [0.15, 0.2) is 11.0 Å². The molecular formula is C21H23N5O3S. The summed E-state index contributed by atoms with van der Waals surface area (Å²) < 4.78 is 2.04. The quantitative estimate of drug-likeness (QED) is 0.319. The summed E-state index contributed by atoms with van der Waals surface area (Å²) in [6.07, 6.45) is 0.911. The van der Waals surface area contributed by atoms with Crippen molar-refractivity contribution in [2.24, 2.45) is 0 Å². The van der Waals surface area contributed by atoms with Crippen LogP contribution in [0.25, 0.3) is 11.4 Å². The molecule has 0 saturated heterocycles. The van der Waals surface area contributed by atoms with Gasteiger partial charge in [-0.2, -0.15) is 0 Å². The number of nitro groups is 1. The zero-order valence-corrected chi connectivity index (χ0v) is 17.8. The molecular weight excluding hydrogens is 402 g/mol. The van der Waals surface area contributed by atoms with Crippen molar-refractivity contribution in [1.82, 2.24) is 14.8 Å². The molecule has 156 valence electrons. The molecule has 0 fully saturated rings. The molecule has 0 aliphatic carbocycles. The lowest BCUT2D eigenvalue weighted by Gasteiger charge is -2.13. The van der Waals surface area contributed by atoms with Crippen molar-refractivity contribution in [2.45, 2.75) is 44.1 Å². The minimum Gasteiger partial charge on any atom is -0.325 e. The molecule has 2 aromatic carbocycles. The van der Waals surface area contributed by atoms with Gasteiger partial charge in [0.1, 0.15) is 0 Å². The highest BCUT2D eigenvalue weighted by molar-refractivity contribution is 8.00. The van der Waals surface area contributed by atoms with Gasteiger partial charge in [0.05, 0.1) is 10.2 Å². The predicted octanol–water partition coefficient (Wildman–Crippen LogP) is 4.69. The third-order valence-electron chi connectivity index (χ3n) is 4.44. The van der Waals surface area contributed by atoms with Gasteiger partial charge >= 0.3 is 0 Å². The molecule has 0 aliphatic rings. The first-order valence-electron chi connectivity index (χ1n) is 9.61. The lowest BCUT2D eigenvalue weighted by atomic mass is 10.1. The Labute approximate surface area is 178 Å². The van der Waals surface area contributed by atoms with E-state index < -0.39 is 10.2 Å². The number of thioether (sulfide) groups is 1. The number of nitrogens with zero attached hydrogens (tertiary/aromatic N) is 4. The molecule has 1 aromatic heterocycles. The molecule has 1 N–H and O–H groups in total. The molecule has 3 aromatic rings. The summed E-state index contributed by atoms with van der Waals surface area (Å²) in [7, 11) is 0. The second-order valence-corrected chi connectivity index (χ2v) is 8.19. The number of benzene rings is 2. The van der Waals surface area contributed by atoms with Gasteiger partial charge in [-0.15, -0.1) is 10.2 Å². The van der Waals surface area contributed by atoms with Crippen molar-refractivity contribution >= 4 is 29.0 Å². The molecule has 0 aliphatic heterocycles. The van der Waals surface area contributed by atoms with Gasteiger partial charge in [0.25, 0.3) is 5.69 Å². The maximum absolute atomic E-state index is 12.6. The number of carbonyl (C=O) groups excluding carboxylic acids is 1. The first-order valence-corrected chi connectivity index (χ1v) is 10.5. The van der Waals surface area contributed by atoms with Crippen LogP contribution in [0.5, 0.6) is 0 Å². The van der Waals surface area contributed by atoms with E-state index in [4.69, 9.17) is 0 Å². The zero-order valence-electron chi connectivity index (χ0n) is 17.0. The predicted molar refractivity (Wildman–Crippen MR) is 118 cm³/mol. The van der Waals surface area contributed by atoms with Crippen LogP contribution >= 0.6 is 11.8 Å². The van der Waals surface area contributed by atoms with E-state index in [9.17, 15) is 14.9 Å². The van der Waals surface area contributed by atoms with Gasteiger partial charge in [-0.3, -0.25) is 14.9 Å². The Bertz CT molecular complexity index is 1050. The highest BCUT2D eigenvalue weighted by Gasteiger charge is 2.21. The molecule has 1 heterocycles. The standard InChI is InChI=1S/C21H23N5O3S/c1-4-12-25-19(16-7-5-6-14(2)13-16)23-24-21(25)30-15(3)20(27)22-17-8-10-18(11-9-17)26(28)29/h5-11,13,15H,4,12H2,1-3H3,(H,22,27). The van der Waals surface area contributed by atoms with Crippen molar-refractivity contribution in [3.63, 3.8) is 0 Å². The molecule has 0 saturated carbocycles. The summed E-state index contributed by atoms with van der Waals surface area (Å²) in [5.74, 6) is 0.572. The number of amides is 1. The number of anilines is 1. The van der Waals surface area contributed by atoms with Gasteiger partial charge in [-0.1, -0.05) is 42.4 Å². The Balaban J connectivity index is 1.74. The smallest absolute Gasteiger partial charge is 0.269 e. The Hall–Kier alpha value is -3.20.